The minimum atomic E-state index is -0.304. The third kappa shape index (κ3) is 1.62. The standard InChI is InChI=1S/C14H18N2/c1-10-4-5-12(8-11(10)2)13(16)14(9-15)6-3-7-14/h4-5,8,13H,3,6-7,16H2,1-2H3. The molecule has 84 valence electrons. The monoisotopic (exact) mass is 214 g/mol. The van der Waals surface area contributed by atoms with Crippen LogP contribution in [0.15, 0.2) is 18.2 Å². The van der Waals surface area contributed by atoms with Gasteiger partial charge in [-0.3, -0.25) is 0 Å². The van der Waals surface area contributed by atoms with E-state index < -0.39 is 0 Å². The lowest BCUT2D eigenvalue weighted by Crippen LogP contribution is -2.39. The fourth-order valence-corrected chi connectivity index (χ4v) is 2.33. The molecular weight excluding hydrogens is 196 g/mol. The first-order chi connectivity index (χ1) is 7.59. The molecule has 0 saturated heterocycles. The minimum absolute atomic E-state index is 0.134. The Morgan fingerprint density at radius 3 is 2.44 bits per heavy atom. The lowest BCUT2D eigenvalue weighted by atomic mass is 9.63. The number of nitrogens with two attached hydrogens (primary N) is 1. The maximum absolute atomic E-state index is 9.26. The van der Waals surface area contributed by atoms with Crippen molar-refractivity contribution >= 4 is 0 Å². The van der Waals surface area contributed by atoms with Gasteiger partial charge in [0.25, 0.3) is 0 Å². The fraction of sp³-hybridized carbons (Fsp3) is 0.500. The molecule has 2 nitrogen and oxygen atoms in total. The highest BCUT2D eigenvalue weighted by molar-refractivity contribution is 5.34. The molecule has 0 aliphatic heterocycles. The van der Waals surface area contributed by atoms with Crippen LogP contribution in [-0.2, 0) is 0 Å². The molecule has 2 rings (SSSR count). The van der Waals surface area contributed by atoms with Crippen LogP contribution >= 0.6 is 0 Å². The van der Waals surface area contributed by atoms with Crippen LogP contribution in [0, 0.1) is 30.6 Å². The Balaban J connectivity index is 2.31. The third-order valence-corrected chi connectivity index (χ3v) is 3.95. The highest BCUT2D eigenvalue weighted by atomic mass is 14.7. The minimum Gasteiger partial charge on any atom is -0.323 e. The Kier molecular flexibility index (Phi) is 2.73. The Hall–Kier alpha value is -1.33. The predicted octanol–water partition coefficient (Wildman–Crippen LogP) is 3.00. The quantitative estimate of drug-likeness (QED) is 0.822. The summed E-state index contributed by atoms with van der Waals surface area (Å²) in [6, 6.07) is 8.56. The maximum Gasteiger partial charge on any atom is 0.0766 e. The van der Waals surface area contributed by atoms with Crippen molar-refractivity contribution in [3.8, 4) is 6.07 Å². The zero-order valence-electron chi connectivity index (χ0n) is 9.96. The van der Waals surface area contributed by atoms with E-state index in [9.17, 15) is 5.26 Å². The average molecular weight is 214 g/mol. The van der Waals surface area contributed by atoms with Gasteiger partial charge in [0.2, 0.25) is 0 Å². The lowest BCUT2D eigenvalue weighted by molar-refractivity contribution is 0.169. The first kappa shape index (κ1) is 11.2. The molecule has 2 N–H and O–H groups in total. The van der Waals surface area contributed by atoms with Gasteiger partial charge in [-0.05, 0) is 43.4 Å². The Bertz CT molecular complexity index is 439. The highest BCUT2D eigenvalue weighted by Crippen LogP contribution is 2.48. The van der Waals surface area contributed by atoms with Gasteiger partial charge < -0.3 is 5.73 Å². The van der Waals surface area contributed by atoms with Crippen molar-refractivity contribution in [3.63, 3.8) is 0 Å². The van der Waals surface area contributed by atoms with Crippen molar-refractivity contribution in [3.05, 3.63) is 34.9 Å². The number of nitrogens with zero attached hydrogens (tertiary/aromatic N) is 1. The number of hydrogen-bond donors (Lipinski definition) is 1. The van der Waals surface area contributed by atoms with Gasteiger partial charge in [0.15, 0.2) is 0 Å². The van der Waals surface area contributed by atoms with E-state index in [1.54, 1.807) is 0 Å². The summed E-state index contributed by atoms with van der Waals surface area (Å²) in [5, 5.41) is 9.26. The van der Waals surface area contributed by atoms with Crippen LogP contribution < -0.4 is 5.73 Å². The van der Waals surface area contributed by atoms with Crippen LogP contribution in [0.3, 0.4) is 0 Å². The molecule has 1 aromatic rings. The zero-order chi connectivity index (χ0) is 11.8. The SMILES string of the molecule is Cc1ccc(C(N)C2(C#N)CCC2)cc1C. The second-order valence-electron chi connectivity index (χ2n) is 4.94. The highest BCUT2D eigenvalue weighted by Gasteiger charge is 2.43. The predicted molar refractivity (Wildman–Crippen MR) is 64.7 cm³/mol. The molecular formula is C14H18N2. The van der Waals surface area contributed by atoms with Crippen LogP contribution in [0.5, 0.6) is 0 Å². The van der Waals surface area contributed by atoms with Gasteiger partial charge in [0, 0.05) is 6.04 Å². The van der Waals surface area contributed by atoms with Crippen LogP contribution in [0.25, 0.3) is 0 Å². The normalized spacial score (nSPS) is 19.6. The summed E-state index contributed by atoms with van der Waals surface area (Å²) in [6.45, 7) is 4.18. The zero-order valence-corrected chi connectivity index (χ0v) is 9.96. The van der Waals surface area contributed by atoms with E-state index in [0.717, 1.165) is 24.8 Å². The second-order valence-corrected chi connectivity index (χ2v) is 4.94. The van der Waals surface area contributed by atoms with E-state index in [1.165, 1.54) is 11.1 Å². The molecule has 16 heavy (non-hydrogen) atoms. The van der Waals surface area contributed by atoms with E-state index in [4.69, 9.17) is 5.73 Å². The first-order valence-electron chi connectivity index (χ1n) is 5.83. The Labute approximate surface area is 97.1 Å². The number of benzene rings is 1. The van der Waals surface area contributed by atoms with Crippen molar-refractivity contribution in [2.45, 2.75) is 39.2 Å². The van der Waals surface area contributed by atoms with Gasteiger partial charge >= 0.3 is 0 Å². The van der Waals surface area contributed by atoms with E-state index in [-0.39, 0.29) is 11.5 Å². The molecule has 1 aliphatic rings. The van der Waals surface area contributed by atoms with Gasteiger partial charge in [0.05, 0.1) is 11.5 Å². The molecule has 0 spiro atoms. The summed E-state index contributed by atoms with van der Waals surface area (Å²) in [7, 11) is 0. The first-order valence-corrected chi connectivity index (χ1v) is 5.83. The molecule has 1 unspecified atom stereocenters. The van der Waals surface area contributed by atoms with E-state index in [0.29, 0.717) is 0 Å². The molecule has 0 heterocycles. The molecule has 1 aromatic carbocycles. The van der Waals surface area contributed by atoms with Gasteiger partial charge in [0.1, 0.15) is 0 Å². The van der Waals surface area contributed by atoms with E-state index in [2.05, 4.69) is 38.1 Å². The second kappa shape index (κ2) is 3.92. The fourth-order valence-electron chi connectivity index (χ4n) is 2.33. The topological polar surface area (TPSA) is 49.8 Å². The summed E-state index contributed by atoms with van der Waals surface area (Å²) in [5.74, 6) is 0. The molecule has 1 aliphatic carbocycles. The van der Waals surface area contributed by atoms with Gasteiger partial charge in [-0.2, -0.15) is 5.26 Å². The molecule has 0 radical (unpaired) electrons. The van der Waals surface area contributed by atoms with Crippen LogP contribution in [-0.4, -0.2) is 0 Å². The van der Waals surface area contributed by atoms with Crippen LogP contribution in [0.2, 0.25) is 0 Å². The molecule has 0 amide bonds. The molecule has 0 bridgehead atoms. The van der Waals surface area contributed by atoms with Crippen LogP contribution in [0.1, 0.15) is 42.0 Å². The molecule has 1 atom stereocenters. The molecule has 1 saturated carbocycles. The van der Waals surface area contributed by atoms with E-state index >= 15 is 0 Å². The maximum atomic E-state index is 9.26. The van der Waals surface area contributed by atoms with Gasteiger partial charge in [-0.15, -0.1) is 0 Å². The summed E-state index contributed by atoms with van der Waals surface area (Å²) < 4.78 is 0. The molecule has 2 heteroatoms. The van der Waals surface area contributed by atoms with Crippen LogP contribution in [0.4, 0.5) is 0 Å². The number of hydrogen-bond acceptors (Lipinski definition) is 2. The summed E-state index contributed by atoms with van der Waals surface area (Å²) in [4.78, 5) is 0. The number of nitriles is 1. The van der Waals surface area contributed by atoms with Crippen molar-refractivity contribution < 1.29 is 0 Å². The van der Waals surface area contributed by atoms with Crippen molar-refractivity contribution in [1.82, 2.24) is 0 Å². The van der Waals surface area contributed by atoms with Crippen molar-refractivity contribution in [2.24, 2.45) is 11.1 Å². The Morgan fingerprint density at radius 2 is 2.00 bits per heavy atom. The van der Waals surface area contributed by atoms with Crippen molar-refractivity contribution in [1.29, 1.82) is 5.26 Å². The van der Waals surface area contributed by atoms with Crippen molar-refractivity contribution in [2.75, 3.05) is 0 Å². The largest absolute Gasteiger partial charge is 0.323 e. The smallest absolute Gasteiger partial charge is 0.0766 e. The summed E-state index contributed by atoms with van der Waals surface area (Å²) >= 11 is 0. The number of rotatable bonds is 2. The lowest BCUT2D eigenvalue weighted by Gasteiger charge is -2.40. The summed E-state index contributed by atoms with van der Waals surface area (Å²) in [5.41, 5.74) is 9.56. The third-order valence-electron chi connectivity index (χ3n) is 3.95. The van der Waals surface area contributed by atoms with Gasteiger partial charge in [-0.1, -0.05) is 24.6 Å². The van der Waals surface area contributed by atoms with Gasteiger partial charge in [-0.25, -0.2) is 0 Å². The average Bonchev–Trinajstić information content (AvgIpc) is 2.21. The molecule has 0 aromatic heterocycles. The Morgan fingerprint density at radius 1 is 1.31 bits per heavy atom. The number of aryl methyl sites for hydroxylation is 2. The summed E-state index contributed by atoms with van der Waals surface area (Å²) in [6.07, 6.45) is 3.02. The molecule has 1 fully saturated rings. The van der Waals surface area contributed by atoms with E-state index in [1.807, 2.05) is 0 Å².